The molecule has 3 rings (SSSR count). The number of carboxylic acid groups (broad SMARTS) is 1. The molecule has 0 bridgehead atoms. The maximum absolute atomic E-state index is 11.9. The van der Waals surface area contributed by atoms with Gasteiger partial charge in [-0.1, -0.05) is 19.1 Å². The van der Waals surface area contributed by atoms with Crippen molar-refractivity contribution < 1.29 is 18.3 Å². The molecule has 2 aliphatic rings. The highest BCUT2D eigenvalue weighted by Gasteiger charge is 2.40. The van der Waals surface area contributed by atoms with E-state index in [0.717, 1.165) is 0 Å². The van der Waals surface area contributed by atoms with Gasteiger partial charge in [0, 0.05) is 24.6 Å². The van der Waals surface area contributed by atoms with Crippen molar-refractivity contribution in [2.24, 2.45) is 16.2 Å². The lowest BCUT2D eigenvalue weighted by Crippen LogP contribution is -2.53. The Labute approximate surface area is 116 Å². The predicted octanol–water partition coefficient (Wildman–Crippen LogP) is 0.788. The number of hydrogen-bond acceptors (Lipinski definition) is 4. The molecular formula is C13H14N2O4S. The largest absolute Gasteiger partial charge is 0.481 e. The van der Waals surface area contributed by atoms with Gasteiger partial charge in [0.15, 0.2) is 5.84 Å². The standard InChI is InChI=1S/C13H14N2O4S/c1-8(13(16)17)9-6-15(7-9)12-10-4-2-3-5-11(10)20(18,19)14-12/h2-5,8-9H,6-7H2,1H3,(H,16,17). The highest BCUT2D eigenvalue weighted by molar-refractivity contribution is 7.90. The number of hydrogen-bond donors (Lipinski definition) is 1. The number of carbonyl (C=O) groups is 1. The van der Waals surface area contributed by atoms with Gasteiger partial charge in [0.05, 0.1) is 5.92 Å². The summed E-state index contributed by atoms with van der Waals surface area (Å²) in [7, 11) is -3.60. The topological polar surface area (TPSA) is 87.0 Å². The lowest BCUT2D eigenvalue weighted by Gasteiger charge is -2.42. The van der Waals surface area contributed by atoms with Crippen molar-refractivity contribution in [1.29, 1.82) is 0 Å². The van der Waals surface area contributed by atoms with Gasteiger partial charge in [-0.15, -0.1) is 4.40 Å². The van der Waals surface area contributed by atoms with Gasteiger partial charge in [0.2, 0.25) is 0 Å². The fraction of sp³-hybridized carbons (Fsp3) is 0.385. The average Bonchev–Trinajstić information content (AvgIpc) is 2.60. The Bertz CT molecular complexity index is 705. The summed E-state index contributed by atoms with van der Waals surface area (Å²) >= 11 is 0. The highest BCUT2D eigenvalue weighted by atomic mass is 32.2. The van der Waals surface area contributed by atoms with Gasteiger partial charge < -0.3 is 10.0 Å². The first-order valence-corrected chi connectivity index (χ1v) is 7.76. The van der Waals surface area contributed by atoms with Gasteiger partial charge in [-0.05, 0) is 12.1 Å². The quantitative estimate of drug-likeness (QED) is 0.871. The van der Waals surface area contributed by atoms with Crippen LogP contribution in [0.15, 0.2) is 33.6 Å². The van der Waals surface area contributed by atoms with Crippen molar-refractivity contribution in [3.63, 3.8) is 0 Å². The third-order valence-electron chi connectivity index (χ3n) is 3.92. The van der Waals surface area contributed by atoms with Crippen molar-refractivity contribution in [2.45, 2.75) is 11.8 Å². The number of amidine groups is 1. The molecule has 6 nitrogen and oxygen atoms in total. The number of sulfonamides is 1. The van der Waals surface area contributed by atoms with Gasteiger partial charge >= 0.3 is 5.97 Å². The zero-order valence-electron chi connectivity index (χ0n) is 10.9. The molecule has 1 unspecified atom stereocenters. The van der Waals surface area contributed by atoms with Crippen molar-refractivity contribution in [3.8, 4) is 0 Å². The Kier molecular flexibility index (Phi) is 2.82. The van der Waals surface area contributed by atoms with E-state index in [-0.39, 0.29) is 10.8 Å². The van der Waals surface area contributed by atoms with Gasteiger partial charge in [-0.3, -0.25) is 4.79 Å². The lowest BCUT2D eigenvalue weighted by atomic mass is 9.86. The van der Waals surface area contributed by atoms with Crippen LogP contribution in [-0.4, -0.2) is 43.3 Å². The third-order valence-corrected chi connectivity index (χ3v) is 5.24. The molecule has 1 aromatic carbocycles. The van der Waals surface area contributed by atoms with Crippen molar-refractivity contribution in [3.05, 3.63) is 29.8 Å². The molecule has 0 saturated carbocycles. The van der Waals surface area contributed by atoms with E-state index in [4.69, 9.17) is 5.11 Å². The van der Waals surface area contributed by atoms with E-state index < -0.39 is 21.9 Å². The molecule has 7 heteroatoms. The molecule has 1 fully saturated rings. The number of aliphatic carboxylic acids is 1. The summed E-state index contributed by atoms with van der Waals surface area (Å²) in [5.74, 6) is -0.781. The Morgan fingerprint density at radius 3 is 2.70 bits per heavy atom. The van der Waals surface area contributed by atoms with Crippen LogP contribution in [0.1, 0.15) is 12.5 Å². The number of fused-ring (bicyclic) bond motifs is 1. The van der Waals surface area contributed by atoms with Crippen molar-refractivity contribution in [2.75, 3.05) is 13.1 Å². The van der Waals surface area contributed by atoms with E-state index in [9.17, 15) is 13.2 Å². The van der Waals surface area contributed by atoms with Crippen molar-refractivity contribution in [1.82, 2.24) is 4.90 Å². The normalized spacial score (nSPS) is 21.9. The van der Waals surface area contributed by atoms with Gasteiger partial charge in [0.25, 0.3) is 10.0 Å². The van der Waals surface area contributed by atoms with Gasteiger partial charge in [-0.2, -0.15) is 8.42 Å². The first-order valence-electron chi connectivity index (χ1n) is 6.32. The minimum atomic E-state index is -3.60. The minimum absolute atomic E-state index is 0.0330. The van der Waals surface area contributed by atoms with Gasteiger partial charge in [0.1, 0.15) is 4.90 Å². The monoisotopic (exact) mass is 294 g/mol. The predicted molar refractivity (Wildman–Crippen MR) is 72.0 cm³/mol. The van der Waals surface area contributed by atoms with Crippen LogP contribution in [0.3, 0.4) is 0 Å². The van der Waals surface area contributed by atoms with Crippen LogP contribution in [0.4, 0.5) is 0 Å². The number of benzene rings is 1. The van der Waals surface area contributed by atoms with E-state index in [1.807, 2.05) is 4.90 Å². The Morgan fingerprint density at radius 1 is 1.40 bits per heavy atom. The maximum atomic E-state index is 11.9. The van der Waals surface area contributed by atoms with Crippen LogP contribution in [-0.2, 0) is 14.8 Å². The number of carboxylic acids is 1. The molecule has 1 aromatic rings. The lowest BCUT2D eigenvalue weighted by molar-refractivity contribution is -0.144. The first-order chi connectivity index (χ1) is 9.40. The molecule has 2 heterocycles. The molecular weight excluding hydrogens is 280 g/mol. The molecule has 1 saturated heterocycles. The second-order valence-electron chi connectivity index (χ2n) is 5.18. The molecule has 0 amide bonds. The molecule has 106 valence electrons. The van der Waals surface area contributed by atoms with E-state index in [2.05, 4.69) is 4.40 Å². The highest BCUT2D eigenvalue weighted by Crippen LogP contribution is 2.32. The smallest absolute Gasteiger partial charge is 0.306 e. The summed E-state index contributed by atoms with van der Waals surface area (Å²) < 4.78 is 27.7. The Hall–Kier alpha value is -1.89. The fourth-order valence-electron chi connectivity index (χ4n) is 2.52. The summed E-state index contributed by atoms with van der Waals surface area (Å²) in [6.45, 7) is 2.72. The van der Waals surface area contributed by atoms with Crippen LogP contribution in [0.2, 0.25) is 0 Å². The van der Waals surface area contributed by atoms with E-state index in [0.29, 0.717) is 24.5 Å². The third kappa shape index (κ3) is 1.89. The van der Waals surface area contributed by atoms with Crippen LogP contribution < -0.4 is 0 Å². The Balaban J connectivity index is 1.83. The summed E-state index contributed by atoms with van der Waals surface area (Å²) in [4.78, 5) is 13.0. The molecule has 0 radical (unpaired) electrons. The molecule has 2 aliphatic heterocycles. The molecule has 20 heavy (non-hydrogen) atoms. The van der Waals surface area contributed by atoms with Crippen LogP contribution in [0, 0.1) is 11.8 Å². The van der Waals surface area contributed by atoms with Crippen LogP contribution in [0.5, 0.6) is 0 Å². The molecule has 0 aromatic heterocycles. The minimum Gasteiger partial charge on any atom is -0.481 e. The zero-order chi connectivity index (χ0) is 14.5. The second kappa shape index (κ2) is 4.31. The van der Waals surface area contributed by atoms with Gasteiger partial charge in [-0.25, -0.2) is 0 Å². The van der Waals surface area contributed by atoms with Crippen LogP contribution >= 0.6 is 0 Å². The average molecular weight is 294 g/mol. The number of nitrogens with zero attached hydrogens (tertiary/aromatic N) is 2. The zero-order valence-corrected chi connectivity index (χ0v) is 11.7. The van der Waals surface area contributed by atoms with Crippen LogP contribution in [0.25, 0.3) is 0 Å². The fourth-order valence-corrected chi connectivity index (χ4v) is 3.75. The van der Waals surface area contributed by atoms with E-state index in [1.165, 1.54) is 6.07 Å². The van der Waals surface area contributed by atoms with E-state index in [1.54, 1.807) is 25.1 Å². The van der Waals surface area contributed by atoms with E-state index >= 15 is 0 Å². The molecule has 1 N–H and O–H groups in total. The summed E-state index contributed by atoms with van der Waals surface area (Å²) in [5, 5.41) is 8.97. The Morgan fingerprint density at radius 2 is 2.05 bits per heavy atom. The molecule has 0 aliphatic carbocycles. The molecule has 0 spiro atoms. The molecule has 1 atom stereocenters. The first kappa shape index (κ1) is 13.1. The summed E-state index contributed by atoms with van der Waals surface area (Å²) in [6, 6.07) is 6.71. The number of rotatable bonds is 2. The second-order valence-corrected chi connectivity index (χ2v) is 6.75. The maximum Gasteiger partial charge on any atom is 0.306 e. The summed E-state index contributed by atoms with van der Waals surface area (Å²) in [6.07, 6.45) is 0. The number of likely N-dealkylation sites (tertiary alicyclic amines) is 1. The van der Waals surface area contributed by atoms with Crippen molar-refractivity contribution >= 4 is 21.8 Å². The summed E-state index contributed by atoms with van der Waals surface area (Å²) in [5.41, 5.74) is 0.605. The SMILES string of the molecule is CC(C(=O)O)C1CN(C2=NS(=O)(=O)c3ccccc32)C1.